The predicted molar refractivity (Wildman–Crippen MR) is 116 cm³/mol. The van der Waals surface area contributed by atoms with E-state index in [9.17, 15) is 9.90 Å². The summed E-state index contributed by atoms with van der Waals surface area (Å²) in [6, 6.07) is 23.4. The highest BCUT2D eigenvalue weighted by Crippen LogP contribution is 2.30. The highest BCUT2D eigenvalue weighted by Gasteiger charge is 2.17. The van der Waals surface area contributed by atoms with Crippen LogP contribution in [0.15, 0.2) is 85.2 Å². The van der Waals surface area contributed by atoms with E-state index in [1.807, 2.05) is 66.7 Å². The standard InChI is InChI=1S/C25H22N2O3/c1-27(25(29)20-13-21(28)15-26-14-20)16-23-22-10-6-5-9-19(22)11-12-24(23)30-17-18-7-3-2-4-8-18/h2-15,28H,16-17H2,1H3. The summed E-state index contributed by atoms with van der Waals surface area (Å²) in [6.45, 7) is 0.806. The Morgan fingerprint density at radius 2 is 1.77 bits per heavy atom. The second-order valence-corrected chi connectivity index (χ2v) is 7.13. The molecule has 0 unspecified atom stereocenters. The maximum Gasteiger partial charge on any atom is 0.255 e. The minimum absolute atomic E-state index is 0.0358. The number of carbonyl (C=O) groups excluding carboxylic acids is 1. The highest BCUT2D eigenvalue weighted by atomic mass is 16.5. The molecule has 0 bridgehead atoms. The number of nitrogens with zero attached hydrogens (tertiary/aromatic N) is 2. The number of carbonyl (C=O) groups is 1. The molecule has 5 heteroatoms. The molecule has 0 saturated heterocycles. The molecular formula is C25H22N2O3. The fourth-order valence-corrected chi connectivity index (χ4v) is 3.42. The van der Waals surface area contributed by atoms with Crippen LogP contribution in [0.2, 0.25) is 0 Å². The van der Waals surface area contributed by atoms with Gasteiger partial charge in [0.1, 0.15) is 18.1 Å². The Bertz CT molecular complexity index is 1180. The van der Waals surface area contributed by atoms with Crippen LogP contribution in [0.5, 0.6) is 11.5 Å². The van der Waals surface area contributed by atoms with Crippen LogP contribution < -0.4 is 4.74 Å². The third-order valence-electron chi connectivity index (χ3n) is 4.95. The van der Waals surface area contributed by atoms with Crippen LogP contribution >= 0.6 is 0 Å². The van der Waals surface area contributed by atoms with Gasteiger partial charge in [0, 0.05) is 25.4 Å². The number of rotatable bonds is 6. The number of ether oxygens (including phenoxy) is 1. The van der Waals surface area contributed by atoms with E-state index >= 15 is 0 Å². The molecule has 5 nitrogen and oxygen atoms in total. The summed E-state index contributed by atoms with van der Waals surface area (Å²) < 4.78 is 6.15. The summed E-state index contributed by atoms with van der Waals surface area (Å²) in [5.41, 5.74) is 2.35. The summed E-state index contributed by atoms with van der Waals surface area (Å²) in [6.07, 6.45) is 2.76. The van der Waals surface area contributed by atoms with Gasteiger partial charge in [-0.1, -0.05) is 60.7 Å². The summed E-state index contributed by atoms with van der Waals surface area (Å²) in [5, 5.41) is 11.8. The summed E-state index contributed by atoms with van der Waals surface area (Å²) in [4.78, 5) is 18.4. The van der Waals surface area contributed by atoms with Gasteiger partial charge in [0.25, 0.3) is 5.91 Å². The number of fused-ring (bicyclic) bond motifs is 1. The lowest BCUT2D eigenvalue weighted by Crippen LogP contribution is -2.26. The predicted octanol–water partition coefficient (Wildman–Crippen LogP) is 4.79. The number of pyridine rings is 1. The molecule has 0 atom stereocenters. The van der Waals surface area contributed by atoms with Crippen molar-refractivity contribution in [2.45, 2.75) is 13.2 Å². The minimum atomic E-state index is -0.222. The molecular weight excluding hydrogens is 376 g/mol. The molecule has 1 aromatic heterocycles. The molecule has 1 heterocycles. The van der Waals surface area contributed by atoms with Gasteiger partial charge in [0.2, 0.25) is 0 Å². The van der Waals surface area contributed by atoms with E-state index in [4.69, 9.17) is 4.74 Å². The Balaban J connectivity index is 1.64. The molecule has 4 rings (SSSR count). The van der Waals surface area contributed by atoms with Gasteiger partial charge in [-0.2, -0.15) is 0 Å². The van der Waals surface area contributed by atoms with Crippen molar-refractivity contribution in [2.24, 2.45) is 0 Å². The average Bonchev–Trinajstić information content (AvgIpc) is 2.78. The van der Waals surface area contributed by atoms with Crippen LogP contribution in [0.25, 0.3) is 10.8 Å². The fourth-order valence-electron chi connectivity index (χ4n) is 3.42. The molecule has 0 aliphatic carbocycles. The fraction of sp³-hybridized carbons (Fsp3) is 0.120. The van der Waals surface area contributed by atoms with E-state index < -0.39 is 0 Å². The smallest absolute Gasteiger partial charge is 0.255 e. The lowest BCUT2D eigenvalue weighted by molar-refractivity contribution is 0.0783. The first kappa shape index (κ1) is 19.5. The van der Waals surface area contributed by atoms with Crippen LogP contribution in [0.3, 0.4) is 0 Å². The zero-order valence-electron chi connectivity index (χ0n) is 16.7. The van der Waals surface area contributed by atoms with Gasteiger partial charge in [-0.25, -0.2) is 0 Å². The molecule has 1 N–H and O–H groups in total. The second-order valence-electron chi connectivity index (χ2n) is 7.13. The van der Waals surface area contributed by atoms with E-state index in [2.05, 4.69) is 4.98 Å². The van der Waals surface area contributed by atoms with Crippen molar-refractivity contribution in [1.82, 2.24) is 9.88 Å². The van der Waals surface area contributed by atoms with Crippen LogP contribution in [-0.2, 0) is 13.2 Å². The average molecular weight is 398 g/mol. The zero-order chi connectivity index (χ0) is 20.9. The number of aromatic hydroxyl groups is 1. The van der Waals surface area contributed by atoms with Crippen LogP contribution in [0.4, 0.5) is 0 Å². The Morgan fingerprint density at radius 1 is 1.00 bits per heavy atom. The van der Waals surface area contributed by atoms with Crippen molar-refractivity contribution in [3.05, 3.63) is 102 Å². The van der Waals surface area contributed by atoms with Crippen LogP contribution in [0.1, 0.15) is 21.5 Å². The van der Waals surface area contributed by atoms with Crippen molar-refractivity contribution in [2.75, 3.05) is 7.05 Å². The SMILES string of the molecule is CN(Cc1c(OCc2ccccc2)ccc2ccccc12)C(=O)c1cncc(O)c1. The Kier molecular flexibility index (Phi) is 5.61. The Morgan fingerprint density at radius 3 is 2.57 bits per heavy atom. The third kappa shape index (κ3) is 4.25. The summed E-state index contributed by atoms with van der Waals surface area (Å²) >= 11 is 0. The molecule has 3 aromatic carbocycles. The second kappa shape index (κ2) is 8.66. The number of benzene rings is 3. The van der Waals surface area contributed by atoms with Gasteiger partial charge in [-0.05, 0) is 28.5 Å². The van der Waals surface area contributed by atoms with Crippen molar-refractivity contribution in [1.29, 1.82) is 0 Å². The highest BCUT2D eigenvalue weighted by molar-refractivity contribution is 5.95. The molecule has 0 aliphatic rings. The maximum atomic E-state index is 12.9. The van der Waals surface area contributed by atoms with Crippen molar-refractivity contribution >= 4 is 16.7 Å². The first-order valence-electron chi connectivity index (χ1n) is 9.68. The van der Waals surface area contributed by atoms with E-state index in [-0.39, 0.29) is 11.7 Å². The maximum absolute atomic E-state index is 12.9. The molecule has 1 amide bonds. The molecule has 30 heavy (non-hydrogen) atoms. The monoisotopic (exact) mass is 398 g/mol. The Hall–Kier alpha value is -3.86. The Labute approximate surface area is 175 Å². The van der Waals surface area contributed by atoms with E-state index in [0.717, 1.165) is 27.6 Å². The largest absolute Gasteiger partial charge is 0.506 e. The van der Waals surface area contributed by atoms with E-state index in [1.165, 1.54) is 18.5 Å². The number of hydrogen-bond acceptors (Lipinski definition) is 4. The molecule has 0 aliphatic heterocycles. The van der Waals surface area contributed by atoms with Crippen molar-refractivity contribution in [3.63, 3.8) is 0 Å². The van der Waals surface area contributed by atoms with Crippen LogP contribution in [0, 0.1) is 0 Å². The van der Waals surface area contributed by atoms with Gasteiger partial charge < -0.3 is 14.7 Å². The molecule has 0 radical (unpaired) electrons. The normalized spacial score (nSPS) is 10.7. The van der Waals surface area contributed by atoms with Gasteiger partial charge in [0.15, 0.2) is 0 Å². The molecule has 0 saturated carbocycles. The number of amides is 1. The molecule has 0 fully saturated rings. The quantitative estimate of drug-likeness (QED) is 0.507. The lowest BCUT2D eigenvalue weighted by atomic mass is 10.0. The van der Waals surface area contributed by atoms with E-state index in [1.54, 1.807) is 11.9 Å². The van der Waals surface area contributed by atoms with E-state index in [0.29, 0.717) is 18.7 Å². The van der Waals surface area contributed by atoms with Crippen molar-refractivity contribution < 1.29 is 14.6 Å². The molecule has 4 aromatic rings. The number of hydrogen-bond donors (Lipinski definition) is 1. The van der Waals surface area contributed by atoms with Gasteiger partial charge in [0.05, 0.1) is 11.8 Å². The minimum Gasteiger partial charge on any atom is -0.506 e. The summed E-state index contributed by atoms with van der Waals surface area (Å²) in [5.74, 6) is 0.484. The first-order valence-corrected chi connectivity index (χ1v) is 9.68. The topological polar surface area (TPSA) is 62.7 Å². The first-order chi connectivity index (χ1) is 14.6. The lowest BCUT2D eigenvalue weighted by Gasteiger charge is -2.21. The van der Waals surface area contributed by atoms with Crippen molar-refractivity contribution in [3.8, 4) is 11.5 Å². The molecule has 150 valence electrons. The number of aromatic nitrogens is 1. The molecule has 0 spiro atoms. The van der Waals surface area contributed by atoms with Gasteiger partial charge in [-0.3, -0.25) is 9.78 Å². The van der Waals surface area contributed by atoms with Gasteiger partial charge >= 0.3 is 0 Å². The summed E-state index contributed by atoms with van der Waals surface area (Å²) in [7, 11) is 1.73. The zero-order valence-corrected chi connectivity index (χ0v) is 16.7. The van der Waals surface area contributed by atoms with Gasteiger partial charge in [-0.15, -0.1) is 0 Å². The van der Waals surface area contributed by atoms with Crippen LogP contribution in [-0.4, -0.2) is 27.9 Å². The third-order valence-corrected chi connectivity index (χ3v) is 4.95.